The zero-order valence-corrected chi connectivity index (χ0v) is 12.4. The molecule has 2 rings (SSSR count). The van der Waals surface area contributed by atoms with Crippen LogP contribution in [0.15, 0.2) is 42.5 Å². The zero-order chi connectivity index (χ0) is 12.5. The van der Waals surface area contributed by atoms with Crippen molar-refractivity contribution >= 4 is 16.5 Å². The average Bonchev–Trinajstić information content (AvgIpc) is 2.26. The lowest BCUT2D eigenvalue weighted by Gasteiger charge is -2.32. The van der Waals surface area contributed by atoms with Gasteiger partial charge in [-0.1, -0.05) is 44.2 Å². The molecule has 2 aromatic carbocycles. The molecule has 0 atom stereocenters. The number of halogens is 1. The summed E-state index contributed by atoms with van der Waals surface area (Å²) >= 11 is 0. The van der Waals surface area contributed by atoms with Crippen molar-refractivity contribution in [1.82, 2.24) is 4.48 Å². The van der Waals surface area contributed by atoms with Gasteiger partial charge in [-0.15, -0.1) is 0 Å². The Morgan fingerprint density at radius 1 is 0.944 bits per heavy atom. The van der Waals surface area contributed by atoms with E-state index in [4.69, 9.17) is 0 Å². The molecule has 98 valence electrons. The maximum absolute atomic E-state index is 2.29. The van der Waals surface area contributed by atoms with Gasteiger partial charge in [0, 0.05) is 11.3 Å². The molecule has 2 heteroatoms. The van der Waals surface area contributed by atoms with E-state index in [-0.39, 0.29) is 12.4 Å². The normalized spacial score (nSPS) is 11.6. The lowest BCUT2D eigenvalue weighted by Crippen LogP contribution is -3.00. The van der Waals surface area contributed by atoms with E-state index in [1.807, 2.05) is 0 Å². The van der Waals surface area contributed by atoms with Gasteiger partial charge in [-0.2, -0.15) is 0 Å². The van der Waals surface area contributed by atoms with E-state index in [0.717, 1.165) is 11.0 Å². The van der Waals surface area contributed by atoms with Gasteiger partial charge >= 0.3 is 0 Å². The highest BCUT2D eigenvalue weighted by atomic mass is 35.5. The molecule has 0 aliphatic rings. The largest absolute Gasteiger partial charge is 1.00 e. The Kier molecular flexibility index (Phi) is 4.78. The van der Waals surface area contributed by atoms with Crippen LogP contribution in [0.1, 0.15) is 13.8 Å². The Morgan fingerprint density at radius 2 is 1.56 bits per heavy atom. The minimum atomic E-state index is 0. The summed E-state index contributed by atoms with van der Waals surface area (Å²) in [6.07, 6.45) is 0. The second-order valence-corrected chi connectivity index (χ2v) is 5.76. The Hall–Kier alpha value is -1.05. The molecule has 0 aromatic heterocycles. The maximum atomic E-state index is 2.29. The van der Waals surface area contributed by atoms with E-state index in [2.05, 4.69) is 70.4 Å². The number of benzene rings is 2. The first-order valence-corrected chi connectivity index (χ1v) is 6.32. The minimum Gasteiger partial charge on any atom is -1.00 e. The molecule has 1 nitrogen and oxygen atoms in total. The van der Waals surface area contributed by atoms with Crippen molar-refractivity contribution in [3.8, 4) is 0 Å². The van der Waals surface area contributed by atoms with Crippen LogP contribution in [0.5, 0.6) is 0 Å². The van der Waals surface area contributed by atoms with Crippen LogP contribution >= 0.6 is 0 Å². The van der Waals surface area contributed by atoms with Gasteiger partial charge in [0.25, 0.3) is 0 Å². The second-order valence-electron chi connectivity index (χ2n) is 5.76. The highest BCUT2D eigenvalue weighted by Gasteiger charge is 2.22. The standard InChI is InChI=1S/C16H22N.ClH/c1-13(2)12-17(3,4)16-11-7-9-14-8-5-6-10-15(14)16;/h5-11,13H,12H2,1-4H3;1H/q+1;/p-1. The Labute approximate surface area is 116 Å². The number of hydrogen-bond donors (Lipinski definition) is 0. The molecule has 0 N–H and O–H groups in total. The van der Waals surface area contributed by atoms with Gasteiger partial charge in [-0.25, -0.2) is 0 Å². The van der Waals surface area contributed by atoms with Gasteiger partial charge in [-0.3, -0.25) is 4.48 Å². The molecular weight excluding hydrogens is 242 g/mol. The fourth-order valence-electron chi connectivity index (χ4n) is 2.75. The first-order chi connectivity index (χ1) is 8.00. The molecule has 0 fully saturated rings. The second kappa shape index (κ2) is 5.73. The van der Waals surface area contributed by atoms with E-state index >= 15 is 0 Å². The molecule has 0 radical (unpaired) electrons. The monoisotopic (exact) mass is 263 g/mol. The molecule has 0 aliphatic carbocycles. The molecule has 0 saturated carbocycles. The van der Waals surface area contributed by atoms with Gasteiger partial charge in [0.1, 0.15) is 5.69 Å². The highest BCUT2D eigenvalue weighted by molar-refractivity contribution is 5.93. The van der Waals surface area contributed by atoms with Crippen LogP contribution in [-0.4, -0.2) is 20.6 Å². The van der Waals surface area contributed by atoms with Crippen molar-refractivity contribution in [3.05, 3.63) is 42.5 Å². The summed E-state index contributed by atoms with van der Waals surface area (Å²) in [4.78, 5) is 0. The highest BCUT2D eigenvalue weighted by Crippen LogP contribution is 2.30. The number of rotatable bonds is 3. The number of nitrogens with zero attached hydrogens (tertiary/aromatic N) is 1. The van der Waals surface area contributed by atoms with Gasteiger partial charge in [0.05, 0.1) is 20.6 Å². The SMILES string of the molecule is CC(C)C[N+](C)(C)c1cccc2ccccc12.[Cl-]. The van der Waals surface area contributed by atoms with E-state index < -0.39 is 0 Å². The van der Waals surface area contributed by atoms with Gasteiger partial charge < -0.3 is 12.4 Å². The quantitative estimate of drug-likeness (QED) is 0.727. The summed E-state index contributed by atoms with van der Waals surface area (Å²) in [5.41, 5.74) is 1.41. The fourth-order valence-corrected chi connectivity index (χ4v) is 2.75. The number of fused-ring (bicyclic) bond motifs is 1. The van der Waals surface area contributed by atoms with Crippen molar-refractivity contribution in [1.29, 1.82) is 0 Å². The molecule has 0 unspecified atom stereocenters. The van der Waals surface area contributed by atoms with Crippen LogP contribution < -0.4 is 16.9 Å². The summed E-state index contributed by atoms with van der Waals surface area (Å²) in [6.45, 7) is 5.73. The lowest BCUT2D eigenvalue weighted by atomic mass is 10.1. The van der Waals surface area contributed by atoms with Crippen molar-refractivity contribution in [2.75, 3.05) is 20.6 Å². The van der Waals surface area contributed by atoms with Crippen LogP contribution in [0.4, 0.5) is 5.69 Å². The first kappa shape index (κ1) is 15.0. The van der Waals surface area contributed by atoms with Crippen molar-refractivity contribution in [2.45, 2.75) is 13.8 Å². The molecular formula is C16H22ClN. The Morgan fingerprint density at radius 3 is 2.22 bits per heavy atom. The number of hydrogen-bond acceptors (Lipinski definition) is 0. The topological polar surface area (TPSA) is 0 Å². The molecule has 2 aromatic rings. The fraction of sp³-hybridized carbons (Fsp3) is 0.375. The third-order valence-corrected chi connectivity index (χ3v) is 3.24. The lowest BCUT2D eigenvalue weighted by molar-refractivity contribution is -0.00000393. The van der Waals surface area contributed by atoms with Crippen molar-refractivity contribution in [3.63, 3.8) is 0 Å². The smallest absolute Gasteiger partial charge is 0.140 e. The molecule has 0 spiro atoms. The van der Waals surface area contributed by atoms with Crippen LogP contribution in [-0.2, 0) is 0 Å². The van der Waals surface area contributed by atoms with Crippen LogP contribution in [0.25, 0.3) is 10.8 Å². The summed E-state index contributed by atoms with van der Waals surface area (Å²) in [5.74, 6) is 0.698. The van der Waals surface area contributed by atoms with Crippen LogP contribution in [0.2, 0.25) is 0 Å². The van der Waals surface area contributed by atoms with Crippen molar-refractivity contribution in [2.24, 2.45) is 5.92 Å². The van der Waals surface area contributed by atoms with E-state index in [0.29, 0.717) is 5.92 Å². The Balaban J connectivity index is 0.00000162. The number of quaternary nitrogens is 1. The van der Waals surface area contributed by atoms with Gasteiger partial charge in [-0.05, 0) is 17.5 Å². The maximum Gasteiger partial charge on any atom is 0.140 e. The Bertz CT molecular complexity index is 512. The summed E-state index contributed by atoms with van der Waals surface area (Å²) in [6, 6.07) is 15.3. The van der Waals surface area contributed by atoms with Gasteiger partial charge in [0.2, 0.25) is 0 Å². The van der Waals surface area contributed by atoms with Crippen LogP contribution in [0, 0.1) is 5.92 Å². The third kappa shape index (κ3) is 3.04. The molecule has 0 heterocycles. The first-order valence-electron chi connectivity index (χ1n) is 6.32. The average molecular weight is 264 g/mol. The summed E-state index contributed by atoms with van der Waals surface area (Å²) in [5, 5.41) is 2.71. The zero-order valence-electron chi connectivity index (χ0n) is 11.7. The van der Waals surface area contributed by atoms with E-state index in [1.165, 1.54) is 16.5 Å². The third-order valence-electron chi connectivity index (χ3n) is 3.24. The predicted octanol–water partition coefficient (Wildman–Crippen LogP) is 1.07. The minimum absolute atomic E-state index is 0. The summed E-state index contributed by atoms with van der Waals surface area (Å²) < 4.78 is 0.943. The van der Waals surface area contributed by atoms with E-state index in [9.17, 15) is 0 Å². The molecule has 0 aliphatic heterocycles. The van der Waals surface area contributed by atoms with Crippen molar-refractivity contribution < 1.29 is 12.4 Å². The molecule has 0 amide bonds. The predicted molar refractivity (Wildman–Crippen MR) is 77.3 cm³/mol. The van der Waals surface area contributed by atoms with Crippen LogP contribution in [0.3, 0.4) is 0 Å². The molecule has 0 saturated heterocycles. The van der Waals surface area contributed by atoms with E-state index in [1.54, 1.807) is 0 Å². The molecule has 0 bridgehead atoms. The molecule has 18 heavy (non-hydrogen) atoms. The van der Waals surface area contributed by atoms with Gasteiger partial charge in [0.15, 0.2) is 0 Å². The summed E-state index contributed by atoms with van der Waals surface area (Å²) in [7, 11) is 4.59.